The lowest BCUT2D eigenvalue weighted by Gasteiger charge is -2.16. The Labute approximate surface area is 224 Å². The van der Waals surface area contributed by atoms with Gasteiger partial charge in [-0.2, -0.15) is 0 Å². The fraction of sp³-hybridized carbons (Fsp3) is 0.135. The molecule has 7 rings (SSSR count). The highest BCUT2D eigenvalue weighted by molar-refractivity contribution is 6.02. The van der Waals surface area contributed by atoms with Crippen molar-refractivity contribution in [1.82, 2.24) is 0 Å². The van der Waals surface area contributed by atoms with Gasteiger partial charge in [0.2, 0.25) is 0 Å². The predicted octanol–water partition coefficient (Wildman–Crippen LogP) is 10.1. The molecule has 0 saturated carbocycles. The van der Waals surface area contributed by atoms with Crippen molar-refractivity contribution in [3.63, 3.8) is 0 Å². The minimum Gasteiger partial charge on any atom is -0.497 e. The highest BCUT2D eigenvalue weighted by Crippen LogP contribution is 2.46. The number of ether oxygens (including phenoxy) is 1. The van der Waals surface area contributed by atoms with Crippen LogP contribution in [-0.4, -0.2) is 7.11 Å². The van der Waals surface area contributed by atoms with Gasteiger partial charge in [0.1, 0.15) is 5.75 Å². The van der Waals surface area contributed by atoms with Gasteiger partial charge < -0.3 is 4.74 Å². The summed E-state index contributed by atoms with van der Waals surface area (Å²) in [6.07, 6.45) is 0. The Morgan fingerprint density at radius 3 is 2.13 bits per heavy atom. The molecular weight excluding hydrogens is 460 g/mol. The molecule has 0 bridgehead atoms. The van der Waals surface area contributed by atoms with Crippen LogP contribution in [-0.2, 0) is 0 Å². The molecule has 0 saturated heterocycles. The minimum absolute atomic E-state index is 0.416. The van der Waals surface area contributed by atoms with E-state index in [0.717, 1.165) is 5.75 Å². The molecule has 0 N–H and O–H groups in total. The standard InChI is InChI=1S/C37H30O/c1-22-9-10-28-18-29(38-4)21-37(36(28)17-22)31-15-13-25-11-12-26(19-34(25)23(31)2)27-14-16-33-32-8-6-5-7-30(32)24(3)35(33)20-27/h5-21,24H,1-4H3. The normalized spacial score (nSPS) is 14.1. The molecule has 0 aromatic heterocycles. The Morgan fingerprint density at radius 2 is 1.26 bits per heavy atom. The number of aryl methyl sites for hydroxylation is 2. The van der Waals surface area contributed by atoms with E-state index in [4.69, 9.17) is 4.74 Å². The minimum atomic E-state index is 0.416. The van der Waals surface area contributed by atoms with Gasteiger partial charge in [-0.15, -0.1) is 0 Å². The van der Waals surface area contributed by atoms with Crippen LogP contribution in [0.3, 0.4) is 0 Å². The van der Waals surface area contributed by atoms with E-state index >= 15 is 0 Å². The zero-order valence-corrected chi connectivity index (χ0v) is 22.3. The van der Waals surface area contributed by atoms with Crippen LogP contribution < -0.4 is 4.74 Å². The van der Waals surface area contributed by atoms with Crippen LogP contribution in [0.15, 0.2) is 103 Å². The Kier molecular flexibility index (Phi) is 5.16. The summed E-state index contributed by atoms with van der Waals surface area (Å²) in [6.45, 7) is 6.73. The number of hydrogen-bond donors (Lipinski definition) is 0. The lowest BCUT2D eigenvalue weighted by molar-refractivity contribution is 0.415. The van der Waals surface area contributed by atoms with Crippen LogP contribution >= 0.6 is 0 Å². The van der Waals surface area contributed by atoms with E-state index < -0.39 is 0 Å². The molecule has 1 aliphatic rings. The third-order valence-corrected chi connectivity index (χ3v) is 8.47. The Balaban J connectivity index is 1.38. The van der Waals surface area contributed by atoms with Crippen LogP contribution in [0.1, 0.15) is 35.1 Å². The van der Waals surface area contributed by atoms with Gasteiger partial charge >= 0.3 is 0 Å². The van der Waals surface area contributed by atoms with Crippen molar-refractivity contribution in [3.8, 4) is 39.1 Å². The third kappa shape index (κ3) is 3.46. The quantitative estimate of drug-likeness (QED) is 0.240. The van der Waals surface area contributed by atoms with E-state index in [-0.39, 0.29) is 0 Å². The van der Waals surface area contributed by atoms with E-state index in [1.807, 2.05) is 0 Å². The molecule has 0 heterocycles. The lowest BCUT2D eigenvalue weighted by Crippen LogP contribution is -1.92. The molecule has 184 valence electrons. The van der Waals surface area contributed by atoms with Crippen LogP contribution in [0.5, 0.6) is 5.75 Å². The van der Waals surface area contributed by atoms with Gasteiger partial charge in [-0.1, -0.05) is 91.3 Å². The summed E-state index contributed by atoms with van der Waals surface area (Å²) in [5, 5.41) is 5.02. The smallest absolute Gasteiger partial charge is 0.120 e. The van der Waals surface area contributed by atoms with Crippen LogP contribution in [0, 0.1) is 13.8 Å². The molecule has 0 spiro atoms. The molecular formula is C37H30O. The highest BCUT2D eigenvalue weighted by Gasteiger charge is 2.25. The van der Waals surface area contributed by atoms with E-state index in [2.05, 4.69) is 124 Å². The van der Waals surface area contributed by atoms with Gasteiger partial charge in [0.05, 0.1) is 7.11 Å². The molecule has 1 atom stereocenters. The second-order valence-corrected chi connectivity index (χ2v) is 10.7. The molecule has 1 nitrogen and oxygen atoms in total. The first-order chi connectivity index (χ1) is 18.5. The van der Waals surface area contributed by atoms with Gasteiger partial charge in [-0.3, -0.25) is 0 Å². The van der Waals surface area contributed by atoms with Crippen molar-refractivity contribution in [2.75, 3.05) is 7.11 Å². The summed E-state index contributed by atoms with van der Waals surface area (Å²) in [4.78, 5) is 0. The molecule has 1 heteroatoms. The monoisotopic (exact) mass is 490 g/mol. The first-order valence-electron chi connectivity index (χ1n) is 13.4. The number of methoxy groups -OCH3 is 1. The Hall–Kier alpha value is -4.36. The predicted molar refractivity (Wildman–Crippen MR) is 161 cm³/mol. The van der Waals surface area contributed by atoms with Crippen molar-refractivity contribution >= 4 is 21.5 Å². The van der Waals surface area contributed by atoms with E-state index in [9.17, 15) is 0 Å². The summed E-state index contributed by atoms with van der Waals surface area (Å²) in [5.74, 6) is 1.30. The van der Waals surface area contributed by atoms with Crippen molar-refractivity contribution in [3.05, 3.63) is 125 Å². The number of rotatable bonds is 3. The average Bonchev–Trinajstić information content (AvgIpc) is 3.24. The summed E-state index contributed by atoms with van der Waals surface area (Å²) in [6, 6.07) is 38.2. The summed E-state index contributed by atoms with van der Waals surface area (Å²) in [7, 11) is 1.74. The molecule has 0 fully saturated rings. The van der Waals surface area contributed by atoms with E-state index in [0.29, 0.717) is 5.92 Å². The second-order valence-electron chi connectivity index (χ2n) is 10.7. The van der Waals surface area contributed by atoms with Crippen LogP contribution in [0.2, 0.25) is 0 Å². The first kappa shape index (κ1) is 22.8. The summed E-state index contributed by atoms with van der Waals surface area (Å²) < 4.78 is 5.69. The number of benzene rings is 6. The molecule has 1 unspecified atom stereocenters. The fourth-order valence-corrected chi connectivity index (χ4v) is 6.36. The van der Waals surface area contributed by atoms with Crippen molar-refractivity contribution in [1.29, 1.82) is 0 Å². The van der Waals surface area contributed by atoms with Crippen molar-refractivity contribution < 1.29 is 4.74 Å². The number of hydrogen-bond acceptors (Lipinski definition) is 1. The number of fused-ring (bicyclic) bond motifs is 5. The first-order valence-corrected chi connectivity index (χ1v) is 13.4. The van der Waals surface area contributed by atoms with Crippen molar-refractivity contribution in [2.24, 2.45) is 0 Å². The van der Waals surface area contributed by atoms with Gasteiger partial charge in [0.15, 0.2) is 0 Å². The van der Waals surface area contributed by atoms with Crippen LogP contribution in [0.25, 0.3) is 54.9 Å². The SMILES string of the molecule is COc1cc(-c2ccc3ccc(-c4ccc5c(c4)C(C)c4ccccc4-5)cc3c2C)c2cc(C)ccc2c1. The molecule has 0 aliphatic heterocycles. The molecule has 1 aliphatic carbocycles. The van der Waals surface area contributed by atoms with Crippen molar-refractivity contribution in [2.45, 2.75) is 26.7 Å². The van der Waals surface area contributed by atoms with E-state index in [1.54, 1.807) is 7.11 Å². The van der Waals surface area contributed by atoms with Crippen LogP contribution in [0.4, 0.5) is 0 Å². The van der Waals surface area contributed by atoms with Gasteiger partial charge in [0, 0.05) is 5.92 Å². The molecule has 0 radical (unpaired) electrons. The maximum atomic E-state index is 5.69. The zero-order valence-electron chi connectivity index (χ0n) is 22.3. The zero-order chi connectivity index (χ0) is 26.0. The lowest BCUT2D eigenvalue weighted by atomic mass is 9.89. The fourth-order valence-electron chi connectivity index (χ4n) is 6.36. The topological polar surface area (TPSA) is 9.23 Å². The summed E-state index contributed by atoms with van der Waals surface area (Å²) in [5.41, 5.74) is 13.2. The van der Waals surface area contributed by atoms with Gasteiger partial charge in [-0.25, -0.2) is 0 Å². The maximum absolute atomic E-state index is 5.69. The average molecular weight is 491 g/mol. The highest BCUT2D eigenvalue weighted by atomic mass is 16.5. The Morgan fingerprint density at radius 1 is 0.553 bits per heavy atom. The largest absolute Gasteiger partial charge is 0.497 e. The molecule has 0 amide bonds. The van der Waals surface area contributed by atoms with Gasteiger partial charge in [-0.05, 0) is 110 Å². The molecule has 6 aromatic carbocycles. The maximum Gasteiger partial charge on any atom is 0.120 e. The van der Waals surface area contributed by atoms with Gasteiger partial charge in [0.25, 0.3) is 0 Å². The molecule has 6 aromatic rings. The van der Waals surface area contributed by atoms with E-state index in [1.165, 1.54) is 77.2 Å². The second kappa shape index (κ2) is 8.60. The third-order valence-electron chi connectivity index (χ3n) is 8.47. The summed E-state index contributed by atoms with van der Waals surface area (Å²) >= 11 is 0. The Bertz CT molecular complexity index is 1890. The molecule has 38 heavy (non-hydrogen) atoms.